The summed E-state index contributed by atoms with van der Waals surface area (Å²) in [5.74, 6) is 0.262. The van der Waals surface area contributed by atoms with Gasteiger partial charge in [-0.2, -0.15) is 0 Å². The number of methoxy groups -OCH3 is 1. The molecule has 0 aliphatic carbocycles. The van der Waals surface area contributed by atoms with Crippen LogP contribution in [0.4, 0.5) is 0 Å². The third-order valence-corrected chi connectivity index (χ3v) is 7.41. The fraction of sp³-hybridized carbons (Fsp3) is 0.320. The zero-order valence-electron chi connectivity index (χ0n) is 18.6. The van der Waals surface area contributed by atoms with Crippen LogP contribution in [0.15, 0.2) is 53.6 Å². The molecule has 1 amide bonds. The third kappa shape index (κ3) is 3.79. The van der Waals surface area contributed by atoms with Gasteiger partial charge in [-0.25, -0.2) is 0 Å². The van der Waals surface area contributed by atoms with E-state index in [-0.39, 0.29) is 24.1 Å². The number of hydrogen-bond acceptors (Lipinski definition) is 6. The number of hydrogen-bond donors (Lipinski definition) is 0. The van der Waals surface area contributed by atoms with E-state index >= 15 is 0 Å². The number of likely N-dealkylation sites (tertiary alicyclic amines) is 1. The number of carbonyl (C=O) groups excluding carboxylic acids is 1. The van der Waals surface area contributed by atoms with Gasteiger partial charge in [0.1, 0.15) is 16.9 Å². The Bertz CT molecular complexity index is 1380. The van der Waals surface area contributed by atoms with E-state index in [0.717, 1.165) is 34.0 Å². The summed E-state index contributed by atoms with van der Waals surface area (Å²) >= 11 is 1.34. The smallest absolute Gasteiger partial charge is 0.268 e. The van der Waals surface area contributed by atoms with Crippen molar-refractivity contribution in [1.29, 1.82) is 0 Å². The van der Waals surface area contributed by atoms with E-state index in [0.29, 0.717) is 29.2 Å². The Kier molecular flexibility index (Phi) is 5.86. The van der Waals surface area contributed by atoms with Crippen LogP contribution in [0.2, 0.25) is 0 Å². The molecule has 1 fully saturated rings. The number of thiophene rings is 1. The molecule has 4 heterocycles. The Morgan fingerprint density at radius 2 is 2.00 bits per heavy atom. The quantitative estimate of drug-likeness (QED) is 0.433. The average Bonchev–Trinajstić information content (AvgIpc) is 3.47. The van der Waals surface area contributed by atoms with Crippen molar-refractivity contribution in [2.75, 3.05) is 20.3 Å². The van der Waals surface area contributed by atoms with E-state index in [2.05, 4.69) is 4.98 Å². The molecular formula is C25H25N3O4S. The molecule has 1 atom stereocenters. The topological polar surface area (TPSA) is 73.7 Å². The Labute approximate surface area is 195 Å². The molecule has 1 saturated heterocycles. The molecule has 1 aliphatic rings. The maximum absolute atomic E-state index is 13.7. The number of aromatic nitrogens is 2. The molecule has 0 spiro atoms. The van der Waals surface area contributed by atoms with E-state index in [4.69, 9.17) is 9.47 Å². The number of fused-ring (bicyclic) bond motifs is 3. The zero-order chi connectivity index (χ0) is 22.9. The minimum atomic E-state index is -0.168. The fourth-order valence-corrected chi connectivity index (χ4v) is 5.77. The highest BCUT2D eigenvalue weighted by Crippen LogP contribution is 2.41. The summed E-state index contributed by atoms with van der Waals surface area (Å²) in [5.41, 5.74) is 1.58. The Morgan fingerprint density at radius 3 is 2.79 bits per heavy atom. The van der Waals surface area contributed by atoms with Crippen LogP contribution in [0.3, 0.4) is 0 Å². The first kappa shape index (κ1) is 21.6. The number of carbonyl (C=O) groups is 1. The summed E-state index contributed by atoms with van der Waals surface area (Å²) in [5, 5.41) is 1.39. The molecule has 170 valence electrons. The van der Waals surface area contributed by atoms with E-state index in [1.807, 2.05) is 41.3 Å². The van der Waals surface area contributed by atoms with Crippen LogP contribution in [0, 0.1) is 0 Å². The lowest BCUT2D eigenvalue weighted by molar-refractivity contribution is 0.0631. The van der Waals surface area contributed by atoms with Gasteiger partial charge >= 0.3 is 0 Å². The second-order valence-electron chi connectivity index (χ2n) is 8.24. The van der Waals surface area contributed by atoms with Crippen LogP contribution in [0.25, 0.3) is 21.0 Å². The summed E-state index contributed by atoms with van der Waals surface area (Å²) in [4.78, 5) is 33.6. The summed E-state index contributed by atoms with van der Waals surface area (Å²) in [7, 11) is 3.41. The molecule has 33 heavy (non-hydrogen) atoms. The number of benzene rings is 1. The average molecular weight is 464 g/mol. The molecule has 0 bridgehead atoms. The van der Waals surface area contributed by atoms with Gasteiger partial charge in [-0.1, -0.05) is 18.2 Å². The molecule has 3 aromatic heterocycles. The van der Waals surface area contributed by atoms with Gasteiger partial charge in [-0.05, 0) is 36.6 Å². The van der Waals surface area contributed by atoms with Crippen LogP contribution >= 0.6 is 11.3 Å². The minimum Gasteiger partial charge on any atom is -0.486 e. The first-order valence-corrected chi connectivity index (χ1v) is 11.8. The molecule has 7 nitrogen and oxygen atoms in total. The Morgan fingerprint density at radius 1 is 1.21 bits per heavy atom. The van der Waals surface area contributed by atoms with E-state index in [9.17, 15) is 9.59 Å². The maximum Gasteiger partial charge on any atom is 0.268 e. The highest BCUT2D eigenvalue weighted by Gasteiger charge is 2.34. The zero-order valence-corrected chi connectivity index (χ0v) is 19.4. The normalized spacial score (nSPS) is 16.1. The van der Waals surface area contributed by atoms with Gasteiger partial charge in [-0.15, -0.1) is 11.3 Å². The first-order chi connectivity index (χ1) is 16.1. The lowest BCUT2D eigenvalue weighted by Gasteiger charge is -2.24. The van der Waals surface area contributed by atoms with E-state index in [1.165, 1.54) is 11.3 Å². The minimum absolute atomic E-state index is 0.0281. The van der Waals surface area contributed by atoms with Gasteiger partial charge in [-0.3, -0.25) is 14.6 Å². The van der Waals surface area contributed by atoms with Crippen molar-refractivity contribution in [2.24, 2.45) is 7.05 Å². The first-order valence-electron chi connectivity index (χ1n) is 11.0. The molecule has 5 rings (SSSR count). The SMILES string of the molecule is COC[C@H]1CCCN1C(=O)c1sc2c(c1OCc1ccncc1)c(=O)n(C)c1ccccc21. The van der Waals surface area contributed by atoms with Gasteiger partial charge < -0.3 is 18.9 Å². The van der Waals surface area contributed by atoms with E-state index in [1.54, 1.807) is 31.1 Å². The van der Waals surface area contributed by atoms with Crippen LogP contribution in [0.5, 0.6) is 5.75 Å². The van der Waals surface area contributed by atoms with Crippen molar-refractivity contribution >= 4 is 38.2 Å². The van der Waals surface area contributed by atoms with Crippen LogP contribution in [-0.4, -0.2) is 46.7 Å². The maximum atomic E-state index is 13.7. The largest absolute Gasteiger partial charge is 0.486 e. The molecule has 0 radical (unpaired) electrons. The van der Waals surface area contributed by atoms with Crippen molar-refractivity contribution in [3.8, 4) is 5.75 Å². The third-order valence-electron chi connectivity index (χ3n) is 6.22. The summed E-state index contributed by atoms with van der Waals surface area (Å²) in [6, 6.07) is 11.5. The highest BCUT2D eigenvalue weighted by atomic mass is 32.1. The van der Waals surface area contributed by atoms with Gasteiger partial charge in [0.25, 0.3) is 11.5 Å². The van der Waals surface area contributed by atoms with E-state index < -0.39 is 0 Å². The summed E-state index contributed by atoms with van der Waals surface area (Å²) in [6.07, 6.45) is 5.23. The number of rotatable bonds is 6. The van der Waals surface area contributed by atoms with Crippen molar-refractivity contribution in [3.63, 3.8) is 0 Å². The lowest BCUT2D eigenvalue weighted by Crippen LogP contribution is -2.37. The standard InChI is InChI=1S/C25H25N3O4S/c1-27-19-8-4-3-7-18(19)22-20(24(27)29)21(32-14-16-9-11-26-12-10-16)23(33-22)25(30)28-13-5-6-17(28)15-31-2/h3-4,7-12,17H,5-6,13-15H2,1-2H3/t17-/m1/s1. The summed E-state index contributed by atoms with van der Waals surface area (Å²) in [6.45, 7) is 1.41. The van der Waals surface area contributed by atoms with Crippen molar-refractivity contribution in [1.82, 2.24) is 14.5 Å². The number of para-hydroxylation sites is 1. The van der Waals surface area contributed by atoms with Crippen molar-refractivity contribution < 1.29 is 14.3 Å². The number of nitrogens with zero attached hydrogens (tertiary/aromatic N) is 3. The lowest BCUT2D eigenvalue weighted by atomic mass is 10.1. The monoisotopic (exact) mass is 463 g/mol. The number of aryl methyl sites for hydroxylation is 1. The number of pyridine rings is 2. The van der Waals surface area contributed by atoms with Gasteiger partial charge in [0, 0.05) is 38.5 Å². The molecule has 1 aromatic carbocycles. The summed E-state index contributed by atoms with van der Waals surface area (Å²) < 4.78 is 14.0. The van der Waals surface area contributed by atoms with Crippen LogP contribution in [-0.2, 0) is 18.4 Å². The second-order valence-corrected chi connectivity index (χ2v) is 9.26. The molecule has 4 aromatic rings. The van der Waals surface area contributed by atoms with Crippen molar-refractivity contribution in [2.45, 2.75) is 25.5 Å². The molecular weight excluding hydrogens is 438 g/mol. The van der Waals surface area contributed by atoms with Crippen LogP contribution < -0.4 is 10.3 Å². The fourth-order valence-electron chi connectivity index (χ4n) is 4.55. The van der Waals surface area contributed by atoms with Gasteiger partial charge in [0.2, 0.25) is 0 Å². The molecule has 8 heteroatoms. The number of ether oxygens (including phenoxy) is 2. The molecule has 0 unspecified atom stereocenters. The predicted molar refractivity (Wildman–Crippen MR) is 129 cm³/mol. The number of amides is 1. The highest BCUT2D eigenvalue weighted by molar-refractivity contribution is 7.22. The van der Waals surface area contributed by atoms with Gasteiger partial charge in [0.15, 0.2) is 5.75 Å². The molecule has 0 N–H and O–H groups in total. The van der Waals surface area contributed by atoms with Crippen molar-refractivity contribution in [3.05, 3.63) is 69.6 Å². The predicted octanol–water partition coefficient (Wildman–Crippen LogP) is 3.98. The molecule has 1 aliphatic heterocycles. The molecule has 0 saturated carbocycles. The van der Waals surface area contributed by atoms with Gasteiger partial charge in [0.05, 0.1) is 22.9 Å². The Balaban J connectivity index is 1.68. The Hall–Kier alpha value is -3.23. The van der Waals surface area contributed by atoms with Crippen LogP contribution in [0.1, 0.15) is 28.1 Å². The second kappa shape index (κ2) is 8.96.